The molecular formula is C31H31N7O. The molecule has 4 aromatic rings. The second kappa shape index (κ2) is 10.6. The van der Waals surface area contributed by atoms with E-state index in [2.05, 4.69) is 76.4 Å². The summed E-state index contributed by atoms with van der Waals surface area (Å²) in [6.45, 7) is 4.21. The van der Waals surface area contributed by atoms with E-state index >= 15 is 0 Å². The third-order valence-corrected chi connectivity index (χ3v) is 7.11. The summed E-state index contributed by atoms with van der Waals surface area (Å²) >= 11 is 0. The Labute approximate surface area is 228 Å². The van der Waals surface area contributed by atoms with Crippen molar-refractivity contribution in [1.29, 1.82) is 0 Å². The molecule has 3 aromatic carbocycles. The minimum atomic E-state index is 0.369. The van der Waals surface area contributed by atoms with E-state index in [1.165, 1.54) is 33.4 Å². The zero-order valence-electron chi connectivity index (χ0n) is 22.4. The molecule has 1 aromatic heterocycles. The quantitative estimate of drug-likeness (QED) is 0.247. The van der Waals surface area contributed by atoms with Crippen LogP contribution in [-0.4, -0.2) is 28.5 Å². The Morgan fingerprint density at radius 1 is 0.692 bits per heavy atom. The summed E-state index contributed by atoms with van der Waals surface area (Å²) in [5.41, 5.74) is 16.6. The van der Waals surface area contributed by atoms with Gasteiger partial charge in [-0.2, -0.15) is 20.2 Å². The van der Waals surface area contributed by atoms with Crippen LogP contribution in [0.4, 0.5) is 23.3 Å². The first-order chi connectivity index (χ1) is 19.1. The highest BCUT2D eigenvalue weighted by Gasteiger charge is 2.19. The van der Waals surface area contributed by atoms with Gasteiger partial charge in [0.1, 0.15) is 11.6 Å². The summed E-state index contributed by atoms with van der Waals surface area (Å²) < 4.78 is 5.51. The molecule has 0 saturated carbocycles. The van der Waals surface area contributed by atoms with Crippen LogP contribution in [0.2, 0.25) is 0 Å². The third-order valence-electron chi connectivity index (χ3n) is 7.11. The Bertz CT molecular complexity index is 1520. The number of methoxy groups -OCH3 is 1. The van der Waals surface area contributed by atoms with Gasteiger partial charge in [0.2, 0.25) is 5.95 Å². The van der Waals surface area contributed by atoms with Crippen LogP contribution < -0.4 is 20.9 Å². The van der Waals surface area contributed by atoms with Crippen molar-refractivity contribution in [2.24, 2.45) is 10.2 Å². The molecule has 0 unspecified atom stereocenters. The normalized spacial score (nSPS) is 15.8. The largest absolute Gasteiger partial charge is 0.495 e. The van der Waals surface area contributed by atoms with Crippen LogP contribution in [0.1, 0.15) is 46.2 Å². The number of aryl methyl sites for hydroxylation is 4. The van der Waals surface area contributed by atoms with E-state index in [1.807, 2.05) is 30.3 Å². The summed E-state index contributed by atoms with van der Waals surface area (Å²) in [4.78, 5) is 9.35. The first-order valence-electron chi connectivity index (χ1n) is 13.2. The molecule has 39 heavy (non-hydrogen) atoms. The summed E-state index contributed by atoms with van der Waals surface area (Å²) in [7, 11) is 1.65. The summed E-state index contributed by atoms with van der Waals surface area (Å²) in [6, 6.07) is 22.6. The molecule has 2 aliphatic rings. The van der Waals surface area contributed by atoms with Gasteiger partial charge < -0.3 is 10.1 Å². The Hall–Kier alpha value is -4.72. The summed E-state index contributed by atoms with van der Waals surface area (Å²) in [5, 5.41) is 12.8. The molecule has 0 fully saturated rings. The van der Waals surface area contributed by atoms with Gasteiger partial charge in [-0.15, -0.1) is 0 Å². The number of nitrogens with one attached hydrogen (secondary N) is 3. The molecule has 0 spiro atoms. The maximum Gasteiger partial charge on any atom is 0.247 e. The predicted octanol–water partition coefficient (Wildman–Crippen LogP) is 6.37. The first kappa shape index (κ1) is 24.6. The minimum Gasteiger partial charge on any atom is -0.495 e. The molecule has 6 rings (SSSR count). The van der Waals surface area contributed by atoms with Gasteiger partial charge in [-0.3, -0.25) is 5.43 Å². The van der Waals surface area contributed by atoms with Crippen molar-refractivity contribution in [3.05, 3.63) is 100 Å². The number of hydrogen-bond donors (Lipinski definition) is 3. The Morgan fingerprint density at radius 3 is 1.97 bits per heavy atom. The summed E-state index contributed by atoms with van der Waals surface area (Å²) in [6.07, 6.45) is 3.74. The highest BCUT2D eigenvalue weighted by atomic mass is 16.5. The number of hydrogen-bond acceptors (Lipinski definition) is 8. The molecule has 8 nitrogen and oxygen atoms in total. The molecule has 0 saturated heterocycles. The van der Waals surface area contributed by atoms with Crippen LogP contribution in [0.25, 0.3) is 0 Å². The third kappa shape index (κ3) is 5.31. The maximum atomic E-state index is 5.51. The van der Waals surface area contributed by atoms with Gasteiger partial charge in [0.15, 0.2) is 5.82 Å². The molecule has 0 radical (unpaired) electrons. The predicted molar refractivity (Wildman–Crippen MR) is 158 cm³/mol. The number of benzene rings is 3. The van der Waals surface area contributed by atoms with E-state index in [0.29, 0.717) is 17.6 Å². The van der Waals surface area contributed by atoms with Crippen LogP contribution in [-0.2, 0) is 12.8 Å². The number of hydrazone groups is 2. The number of rotatable bonds is 7. The van der Waals surface area contributed by atoms with E-state index < -0.39 is 0 Å². The molecule has 0 atom stereocenters. The fourth-order valence-electron chi connectivity index (χ4n) is 5.11. The van der Waals surface area contributed by atoms with Crippen molar-refractivity contribution >= 4 is 34.7 Å². The number of aromatic nitrogens is 2. The van der Waals surface area contributed by atoms with Crippen molar-refractivity contribution in [2.45, 2.75) is 39.5 Å². The average molecular weight is 518 g/mol. The van der Waals surface area contributed by atoms with E-state index in [1.54, 1.807) is 7.11 Å². The molecular weight excluding hydrogens is 486 g/mol. The smallest absolute Gasteiger partial charge is 0.247 e. The Morgan fingerprint density at radius 2 is 1.31 bits per heavy atom. The molecule has 196 valence electrons. The van der Waals surface area contributed by atoms with Crippen molar-refractivity contribution in [2.75, 3.05) is 23.3 Å². The highest BCUT2D eigenvalue weighted by Crippen LogP contribution is 2.29. The van der Waals surface area contributed by atoms with E-state index in [4.69, 9.17) is 14.9 Å². The van der Waals surface area contributed by atoms with Gasteiger partial charge in [-0.05, 0) is 74.9 Å². The van der Waals surface area contributed by atoms with Crippen LogP contribution in [0.5, 0.6) is 5.75 Å². The SMILES string of the molecule is COc1ccccc1Nc1cc(NN=C2CCc3ccc(C)cc32)nc(NN=C2CCc3ccc(C)cc32)n1. The molecule has 0 amide bonds. The molecule has 8 heteroatoms. The van der Waals surface area contributed by atoms with Gasteiger partial charge in [0, 0.05) is 17.2 Å². The van der Waals surface area contributed by atoms with Crippen LogP contribution in [0.15, 0.2) is 76.9 Å². The van der Waals surface area contributed by atoms with Gasteiger partial charge in [0.25, 0.3) is 0 Å². The monoisotopic (exact) mass is 517 g/mol. The van der Waals surface area contributed by atoms with Gasteiger partial charge in [-0.1, -0.05) is 47.5 Å². The number of anilines is 4. The maximum absolute atomic E-state index is 5.51. The van der Waals surface area contributed by atoms with Crippen molar-refractivity contribution in [3.8, 4) is 5.75 Å². The average Bonchev–Trinajstić information content (AvgIpc) is 3.54. The lowest BCUT2D eigenvalue weighted by molar-refractivity contribution is 0.417. The van der Waals surface area contributed by atoms with Crippen LogP contribution in [0.3, 0.4) is 0 Å². The molecule has 0 aliphatic heterocycles. The van der Waals surface area contributed by atoms with Gasteiger partial charge >= 0.3 is 0 Å². The van der Waals surface area contributed by atoms with Crippen LogP contribution in [0, 0.1) is 13.8 Å². The van der Waals surface area contributed by atoms with Crippen molar-refractivity contribution < 1.29 is 4.74 Å². The number of fused-ring (bicyclic) bond motifs is 2. The van der Waals surface area contributed by atoms with Crippen LogP contribution >= 0.6 is 0 Å². The fraction of sp³-hybridized carbons (Fsp3) is 0.226. The van der Waals surface area contributed by atoms with E-state index in [0.717, 1.165) is 48.5 Å². The van der Waals surface area contributed by atoms with Crippen molar-refractivity contribution in [3.63, 3.8) is 0 Å². The second-order valence-corrected chi connectivity index (χ2v) is 9.95. The second-order valence-electron chi connectivity index (χ2n) is 9.95. The zero-order valence-corrected chi connectivity index (χ0v) is 22.4. The van der Waals surface area contributed by atoms with Crippen molar-refractivity contribution in [1.82, 2.24) is 9.97 Å². The van der Waals surface area contributed by atoms with E-state index in [9.17, 15) is 0 Å². The highest BCUT2D eigenvalue weighted by molar-refractivity contribution is 6.05. The van der Waals surface area contributed by atoms with E-state index in [-0.39, 0.29) is 0 Å². The molecule has 1 heterocycles. The molecule has 2 aliphatic carbocycles. The van der Waals surface area contributed by atoms with Gasteiger partial charge in [-0.25, -0.2) is 5.43 Å². The molecule has 3 N–H and O–H groups in total. The topological polar surface area (TPSA) is 95.8 Å². The number of nitrogens with zero attached hydrogens (tertiary/aromatic N) is 4. The minimum absolute atomic E-state index is 0.369. The first-order valence-corrected chi connectivity index (χ1v) is 13.2. The number of ether oxygens (including phenoxy) is 1. The lowest BCUT2D eigenvalue weighted by Crippen LogP contribution is -2.07. The lowest BCUT2D eigenvalue weighted by atomic mass is 10.1. The fourth-order valence-corrected chi connectivity index (χ4v) is 5.11. The Kier molecular flexibility index (Phi) is 6.67. The standard InChI is InChI=1S/C31H31N7O/c1-19-8-10-21-12-14-25(23(21)16-19)35-37-30-18-29(32-27-6-4-5-7-28(27)39-3)33-31(34-30)38-36-26-15-13-22-11-9-20(2)17-24(22)26/h4-11,16-18H,12-15H2,1-3H3,(H3,32,33,34,37,38). The Balaban J connectivity index is 1.31. The molecule has 0 bridgehead atoms. The zero-order chi connectivity index (χ0) is 26.8. The van der Waals surface area contributed by atoms with Gasteiger partial charge in [0.05, 0.1) is 24.2 Å². The summed E-state index contributed by atoms with van der Waals surface area (Å²) in [5.74, 6) is 2.23. The number of para-hydroxylation sites is 2. The lowest BCUT2D eigenvalue weighted by Gasteiger charge is -2.12.